The van der Waals surface area contributed by atoms with Crippen LogP contribution in [-0.4, -0.2) is 71.1 Å². The van der Waals surface area contributed by atoms with Gasteiger partial charge in [-0.2, -0.15) is 0 Å². The zero-order valence-corrected chi connectivity index (χ0v) is 8.81. The average Bonchev–Trinajstić information content (AvgIpc) is 2.57. The summed E-state index contributed by atoms with van der Waals surface area (Å²) in [6, 6.07) is -0.429. The molecule has 0 aromatic carbocycles. The molecule has 0 saturated carbocycles. The van der Waals surface area contributed by atoms with Gasteiger partial charge in [0.1, 0.15) is 0 Å². The lowest BCUT2D eigenvalue weighted by Crippen LogP contribution is -2.59. The molecule has 6 nitrogen and oxygen atoms in total. The number of nitrogens with one attached hydrogen (secondary N) is 1. The molecular formula is C9H18N2O4. The Morgan fingerprint density at radius 3 is 2.27 bits per heavy atom. The van der Waals surface area contributed by atoms with E-state index in [-0.39, 0.29) is 5.91 Å². The number of hydrogen-bond donors (Lipinski definition) is 4. The summed E-state index contributed by atoms with van der Waals surface area (Å²) in [5, 5.41) is 30.1. The summed E-state index contributed by atoms with van der Waals surface area (Å²) in [5.41, 5.74) is -1.18. The molecule has 15 heavy (non-hydrogen) atoms. The van der Waals surface area contributed by atoms with Crippen LogP contribution in [-0.2, 0) is 4.79 Å². The minimum absolute atomic E-state index is 0.0743. The third-order valence-electron chi connectivity index (χ3n) is 2.82. The molecule has 6 heteroatoms. The maximum absolute atomic E-state index is 11.5. The van der Waals surface area contributed by atoms with Gasteiger partial charge in [0.25, 0.3) is 0 Å². The molecule has 0 aromatic heterocycles. The zero-order chi connectivity index (χ0) is 11.5. The normalized spacial score (nSPS) is 22.5. The number of rotatable bonds is 5. The minimum atomic E-state index is -1.18. The lowest BCUT2D eigenvalue weighted by Gasteiger charge is -2.31. The van der Waals surface area contributed by atoms with Crippen LogP contribution in [0, 0.1) is 0 Å². The fraction of sp³-hybridized carbons (Fsp3) is 0.889. The quantitative estimate of drug-likeness (QED) is 0.410. The van der Waals surface area contributed by atoms with E-state index in [4.69, 9.17) is 15.3 Å². The number of hydrogen-bond acceptors (Lipinski definition) is 5. The van der Waals surface area contributed by atoms with Crippen molar-refractivity contribution in [1.82, 2.24) is 10.2 Å². The third-order valence-corrected chi connectivity index (χ3v) is 2.82. The molecule has 1 aliphatic heterocycles. The first kappa shape index (κ1) is 12.4. The Morgan fingerprint density at radius 1 is 1.40 bits per heavy atom. The number of nitrogens with zero attached hydrogens (tertiary/aromatic N) is 1. The van der Waals surface area contributed by atoms with Crippen molar-refractivity contribution >= 4 is 5.91 Å². The number of carbonyl (C=O) groups excluding carboxylic acids is 1. The molecular weight excluding hydrogens is 200 g/mol. The topological polar surface area (TPSA) is 93.0 Å². The second-order valence-electron chi connectivity index (χ2n) is 4.00. The highest BCUT2D eigenvalue weighted by atomic mass is 16.3. The van der Waals surface area contributed by atoms with Gasteiger partial charge in [-0.1, -0.05) is 0 Å². The highest BCUT2D eigenvalue weighted by molar-refractivity contribution is 5.83. The first-order valence-corrected chi connectivity index (χ1v) is 4.94. The van der Waals surface area contributed by atoms with Gasteiger partial charge in [-0.15, -0.1) is 0 Å². The Labute approximate surface area is 88.5 Å². The maximum atomic E-state index is 11.5. The summed E-state index contributed by atoms with van der Waals surface area (Å²) >= 11 is 0. The molecule has 1 heterocycles. The van der Waals surface area contributed by atoms with Gasteiger partial charge in [0.05, 0.1) is 31.4 Å². The van der Waals surface area contributed by atoms with Crippen molar-refractivity contribution in [3.8, 4) is 0 Å². The summed E-state index contributed by atoms with van der Waals surface area (Å²) in [4.78, 5) is 13.1. The Kier molecular flexibility index (Phi) is 4.04. The molecule has 1 amide bonds. The fourth-order valence-corrected chi connectivity index (χ4v) is 1.61. The predicted octanol–water partition coefficient (Wildman–Crippen LogP) is -2.48. The van der Waals surface area contributed by atoms with Gasteiger partial charge >= 0.3 is 0 Å². The van der Waals surface area contributed by atoms with Crippen molar-refractivity contribution in [3.63, 3.8) is 0 Å². The van der Waals surface area contributed by atoms with E-state index < -0.39 is 31.4 Å². The van der Waals surface area contributed by atoms with Crippen LogP contribution in [0.15, 0.2) is 0 Å². The first-order valence-electron chi connectivity index (χ1n) is 4.94. The van der Waals surface area contributed by atoms with Gasteiger partial charge in [0, 0.05) is 13.6 Å². The van der Waals surface area contributed by atoms with E-state index in [9.17, 15) is 4.79 Å². The predicted molar refractivity (Wildman–Crippen MR) is 53.2 cm³/mol. The van der Waals surface area contributed by atoms with Crippen LogP contribution in [0.3, 0.4) is 0 Å². The van der Waals surface area contributed by atoms with Gasteiger partial charge < -0.3 is 20.2 Å². The highest BCUT2D eigenvalue weighted by Crippen LogP contribution is 2.13. The molecule has 4 N–H and O–H groups in total. The number of likely N-dealkylation sites (N-methyl/N-ethyl adjacent to an activating group) is 1. The van der Waals surface area contributed by atoms with Gasteiger partial charge in [-0.05, 0) is 6.42 Å². The van der Waals surface area contributed by atoms with E-state index in [1.807, 2.05) is 0 Å². The molecule has 1 unspecified atom stereocenters. The molecule has 1 fully saturated rings. The Morgan fingerprint density at radius 2 is 1.93 bits per heavy atom. The van der Waals surface area contributed by atoms with Crippen LogP contribution < -0.4 is 5.32 Å². The van der Waals surface area contributed by atoms with Crippen molar-refractivity contribution < 1.29 is 20.1 Å². The second kappa shape index (κ2) is 4.89. The number of amides is 1. The van der Waals surface area contributed by atoms with E-state index >= 15 is 0 Å². The van der Waals surface area contributed by atoms with Crippen molar-refractivity contribution in [2.45, 2.75) is 18.0 Å². The Balaban J connectivity index is 2.63. The van der Waals surface area contributed by atoms with Crippen molar-refractivity contribution in [1.29, 1.82) is 0 Å². The minimum Gasteiger partial charge on any atom is -0.394 e. The molecule has 0 spiro atoms. The zero-order valence-electron chi connectivity index (χ0n) is 8.81. The highest BCUT2D eigenvalue weighted by Gasteiger charge is 2.37. The van der Waals surface area contributed by atoms with Crippen LogP contribution in [0.25, 0.3) is 0 Å². The molecule has 0 aromatic rings. The SMILES string of the molecule is CN1CCC(NC(CO)(CO)CO)C1=O. The number of aliphatic hydroxyl groups excluding tert-OH is 3. The van der Waals surface area contributed by atoms with Crippen molar-refractivity contribution in [2.75, 3.05) is 33.4 Å². The Hall–Kier alpha value is -0.690. The van der Waals surface area contributed by atoms with E-state index in [0.717, 1.165) is 0 Å². The molecule has 88 valence electrons. The second-order valence-corrected chi connectivity index (χ2v) is 4.00. The summed E-state index contributed by atoms with van der Waals surface area (Å²) < 4.78 is 0. The number of likely N-dealkylation sites (tertiary alicyclic amines) is 1. The van der Waals surface area contributed by atoms with E-state index in [1.54, 1.807) is 11.9 Å². The van der Waals surface area contributed by atoms with Crippen LogP contribution in [0.1, 0.15) is 6.42 Å². The van der Waals surface area contributed by atoms with E-state index in [1.165, 1.54) is 0 Å². The van der Waals surface area contributed by atoms with E-state index in [0.29, 0.717) is 13.0 Å². The fourth-order valence-electron chi connectivity index (χ4n) is 1.61. The van der Waals surface area contributed by atoms with Crippen LogP contribution in [0.4, 0.5) is 0 Å². The molecule has 0 aliphatic carbocycles. The van der Waals surface area contributed by atoms with Gasteiger partial charge in [-0.25, -0.2) is 0 Å². The lowest BCUT2D eigenvalue weighted by molar-refractivity contribution is -0.129. The van der Waals surface area contributed by atoms with Crippen LogP contribution >= 0.6 is 0 Å². The van der Waals surface area contributed by atoms with Gasteiger partial charge in [0.15, 0.2) is 0 Å². The standard InChI is InChI=1S/C9H18N2O4/c1-11-3-2-7(8(11)15)10-9(4-12,5-13)6-14/h7,10,12-14H,2-6H2,1H3. The molecule has 0 bridgehead atoms. The third kappa shape index (κ3) is 2.46. The van der Waals surface area contributed by atoms with Gasteiger partial charge in [0.2, 0.25) is 5.91 Å². The van der Waals surface area contributed by atoms with E-state index in [2.05, 4.69) is 5.32 Å². The summed E-state index contributed by atoms with van der Waals surface area (Å²) in [7, 11) is 1.70. The van der Waals surface area contributed by atoms with Crippen molar-refractivity contribution in [3.05, 3.63) is 0 Å². The van der Waals surface area contributed by atoms with Crippen LogP contribution in [0.5, 0.6) is 0 Å². The maximum Gasteiger partial charge on any atom is 0.239 e. The molecule has 1 saturated heterocycles. The number of carbonyl (C=O) groups is 1. The lowest BCUT2D eigenvalue weighted by atomic mass is 10.0. The molecule has 1 rings (SSSR count). The molecule has 1 atom stereocenters. The Bertz CT molecular complexity index is 222. The average molecular weight is 218 g/mol. The summed E-state index contributed by atoms with van der Waals surface area (Å²) in [6.07, 6.45) is 0.622. The molecule has 1 aliphatic rings. The molecule has 0 radical (unpaired) electrons. The first-order chi connectivity index (χ1) is 7.08. The van der Waals surface area contributed by atoms with Crippen molar-refractivity contribution in [2.24, 2.45) is 0 Å². The van der Waals surface area contributed by atoms with Crippen LogP contribution in [0.2, 0.25) is 0 Å². The smallest absolute Gasteiger partial charge is 0.239 e. The largest absolute Gasteiger partial charge is 0.394 e. The summed E-state index contributed by atoms with van der Waals surface area (Å²) in [5.74, 6) is -0.0743. The summed E-state index contributed by atoms with van der Waals surface area (Å²) in [6.45, 7) is -0.580. The number of aliphatic hydroxyl groups is 3. The monoisotopic (exact) mass is 218 g/mol. The van der Waals surface area contributed by atoms with Gasteiger partial charge in [-0.3, -0.25) is 10.1 Å².